The smallest absolute Gasteiger partial charge is 0 e. The fourth-order valence-electron chi connectivity index (χ4n) is 0. The van der Waals surface area contributed by atoms with Crippen molar-refractivity contribution in [2.75, 3.05) is 7.05 Å². The van der Waals surface area contributed by atoms with E-state index in [2.05, 4.69) is 13.8 Å². The zero-order chi connectivity index (χ0) is 4.71. The van der Waals surface area contributed by atoms with Crippen molar-refractivity contribution >= 4 is 0 Å². The quantitative estimate of drug-likeness (QED) is 0.600. The molecule has 0 aromatic carbocycles. The molecule has 0 saturated heterocycles. The zero-order valence-electron chi connectivity index (χ0n) is 5.35. The molecule has 0 aromatic heterocycles. The van der Waals surface area contributed by atoms with Crippen LogP contribution in [0.3, 0.4) is 0 Å². The summed E-state index contributed by atoms with van der Waals surface area (Å²) in [5, 5.41) is 0. The summed E-state index contributed by atoms with van der Waals surface area (Å²) in [5.74, 6) is 0. The van der Waals surface area contributed by atoms with Crippen LogP contribution in [0.4, 0.5) is 0 Å². The Bertz CT molecular complexity index is 11.2. The number of hydrogen-bond donors (Lipinski definition) is 0. The van der Waals surface area contributed by atoms with Crippen LogP contribution in [0.1, 0.15) is 6.42 Å². The van der Waals surface area contributed by atoms with Gasteiger partial charge in [-0.05, 0) is 0 Å². The molecule has 0 amide bonds. The zero-order valence-corrected chi connectivity index (χ0v) is 13.9. The minimum atomic E-state index is 0. The van der Waals surface area contributed by atoms with Gasteiger partial charge in [0.1, 0.15) is 0 Å². The third-order valence-electron chi connectivity index (χ3n) is 0. The molecule has 1 nitrogen and oxygen atoms in total. The molecular weight excluding hydrogens is 329 g/mol. The molecule has 0 unspecified atom stereocenters. The minimum Gasteiger partial charge on any atom is -0.680 e. The van der Waals surface area contributed by atoms with Gasteiger partial charge in [-0.15, -0.1) is 0 Å². The van der Waals surface area contributed by atoms with E-state index in [1.807, 2.05) is 0 Å². The van der Waals surface area contributed by atoms with Crippen molar-refractivity contribution in [1.82, 2.24) is 0 Å². The molecule has 0 aromatic rings. The van der Waals surface area contributed by atoms with Gasteiger partial charge in [0, 0.05) is 98.1 Å². The van der Waals surface area contributed by atoms with Gasteiger partial charge in [-0.1, -0.05) is 0 Å². The molecule has 0 spiro atoms. The van der Waals surface area contributed by atoms with E-state index in [9.17, 15) is 0 Å². The van der Waals surface area contributed by atoms with Crippen LogP contribution in [0, 0.1) is 13.8 Å². The molecule has 0 saturated carbocycles. The second-order valence-corrected chi connectivity index (χ2v) is 0.354. The first kappa shape index (κ1) is 30.2. The fraction of sp³-hybridized carbons (Fsp3) is 0.500. The van der Waals surface area contributed by atoms with Gasteiger partial charge in [0.2, 0.25) is 0 Å². The topological polar surface area (TPSA) is 23.8 Å². The van der Waals surface area contributed by atoms with E-state index < -0.39 is 0 Å². The Labute approximate surface area is 128 Å². The van der Waals surface area contributed by atoms with Gasteiger partial charge in [0.25, 0.3) is 0 Å². The standard InChI is InChI=1S/C3H6.CH4N.3Y/c1-3-2;1-2;;;/h1-3H2;2H,1H3;;;/q-2;-1;;;. The van der Waals surface area contributed by atoms with Crippen LogP contribution in [-0.2, 0) is 98.1 Å². The van der Waals surface area contributed by atoms with Gasteiger partial charge >= 0.3 is 0 Å². The summed E-state index contributed by atoms with van der Waals surface area (Å²) in [6.45, 7) is 6.75. The molecule has 0 aliphatic heterocycles. The van der Waals surface area contributed by atoms with Crippen LogP contribution in [0.25, 0.3) is 5.73 Å². The van der Waals surface area contributed by atoms with Crippen LogP contribution in [0.2, 0.25) is 0 Å². The van der Waals surface area contributed by atoms with Crippen LogP contribution in [0.5, 0.6) is 0 Å². The molecule has 0 aliphatic rings. The summed E-state index contributed by atoms with van der Waals surface area (Å²) in [5.41, 5.74) is 5.75. The summed E-state index contributed by atoms with van der Waals surface area (Å²) in [7, 11) is 1.25. The van der Waals surface area contributed by atoms with Crippen molar-refractivity contribution in [1.29, 1.82) is 0 Å². The SMILES string of the molecule is C[NH-].[CH2-]C[CH2-].[Y].[Y].[Y]. The molecule has 43 valence electrons. The Morgan fingerprint density at radius 3 is 1.00 bits per heavy atom. The summed E-state index contributed by atoms with van der Waals surface area (Å²) >= 11 is 0. The predicted molar refractivity (Wildman–Crippen MR) is 25.6 cm³/mol. The van der Waals surface area contributed by atoms with E-state index in [0.717, 1.165) is 6.42 Å². The molecule has 0 bridgehead atoms. The Hall–Kier alpha value is 3.27. The van der Waals surface area contributed by atoms with Crippen LogP contribution >= 0.6 is 0 Å². The summed E-state index contributed by atoms with van der Waals surface area (Å²) < 4.78 is 0. The van der Waals surface area contributed by atoms with E-state index in [0.29, 0.717) is 0 Å². The van der Waals surface area contributed by atoms with Crippen molar-refractivity contribution in [3.05, 3.63) is 19.6 Å². The molecule has 0 atom stereocenters. The van der Waals surface area contributed by atoms with Gasteiger partial charge in [-0.2, -0.15) is 7.05 Å². The molecule has 4 heteroatoms. The summed E-state index contributed by atoms with van der Waals surface area (Å²) in [4.78, 5) is 0. The minimum absolute atomic E-state index is 0. The predicted octanol–water partition coefficient (Wildman–Crippen LogP) is 1.71. The van der Waals surface area contributed by atoms with E-state index >= 15 is 0 Å². The third kappa shape index (κ3) is 59.3. The van der Waals surface area contributed by atoms with Gasteiger partial charge in [0.05, 0.1) is 0 Å². The van der Waals surface area contributed by atoms with Crippen LogP contribution in [0.15, 0.2) is 0 Å². The second kappa shape index (κ2) is 48.4. The molecule has 8 heavy (non-hydrogen) atoms. The molecule has 0 rings (SSSR count). The number of rotatable bonds is 0. The average molecular weight is 339 g/mol. The van der Waals surface area contributed by atoms with Crippen molar-refractivity contribution in [3.8, 4) is 0 Å². The van der Waals surface area contributed by atoms with E-state index in [1.54, 1.807) is 0 Å². The van der Waals surface area contributed by atoms with Crippen molar-refractivity contribution in [2.24, 2.45) is 0 Å². The first-order valence-corrected chi connectivity index (χ1v) is 1.50. The Morgan fingerprint density at radius 1 is 1.00 bits per heavy atom. The van der Waals surface area contributed by atoms with Crippen molar-refractivity contribution < 1.29 is 98.1 Å². The Balaban J connectivity index is -0.00000000567. The second-order valence-electron chi connectivity index (χ2n) is 0.354. The first-order valence-electron chi connectivity index (χ1n) is 1.50. The molecule has 3 radical (unpaired) electrons. The normalized spacial score (nSPS) is 3.00. The number of nitrogens with one attached hydrogen (secondary N) is 1. The van der Waals surface area contributed by atoms with Gasteiger partial charge in [0.15, 0.2) is 0 Å². The molecule has 0 fully saturated rings. The molecule has 0 heterocycles. The van der Waals surface area contributed by atoms with Gasteiger partial charge in [-0.3, -0.25) is 0 Å². The monoisotopic (exact) mass is 339 g/mol. The third-order valence-corrected chi connectivity index (χ3v) is 0. The maximum atomic E-state index is 5.75. The molecular formula is C4H10NY3-3. The average Bonchev–Trinajstić information content (AvgIpc) is 1.46. The summed E-state index contributed by atoms with van der Waals surface area (Å²) in [6.07, 6.45) is 0.750. The summed E-state index contributed by atoms with van der Waals surface area (Å²) in [6, 6.07) is 0. The largest absolute Gasteiger partial charge is 0.680 e. The van der Waals surface area contributed by atoms with Crippen LogP contribution in [-0.4, -0.2) is 7.05 Å². The van der Waals surface area contributed by atoms with Crippen molar-refractivity contribution in [3.63, 3.8) is 0 Å². The van der Waals surface area contributed by atoms with E-state index in [4.69, 9.17) is 5.73 Å². The maximum absolute atomic E-state index is 5.75. The van der Waals surface area contributed by atoms with E-state index in [1.165, 1.54) is 7.05 Å². The van der Waals surface area contributed by atoms with Gasteiger partial charge < -0.3 is 26.0 Å². The maximum Gasteiger partial charge on any atom is 0 e. The Morgan fingerprint density at radius 2 is 1.00 bits per heavy atom. The van der Waals surface area contributed by atoms with Crippen LogP contribution < -0.4 is 0 Å². The molecule has 1 N–H and O–H groups in total. The first-order chi connectivity index (χ1) is 2.41. The van der Waals surface area contributed by atoms with Gasteiger partial charge in [-0.25, -0.2) is 0 Å². The van der Waals surface area contributed by atoms with Crippen molar-refractivity contribution in [2.45, 2.75) is 6.42 Å². The fourth-order valence-corrected chi connectivity index (χ4v) is 0. The molecule has 0 aliphatic carbocycles. The Kier molecular flexibility index (Phi) is 183. The van der Waals surface area contributed by atoms with E-state index in [-0.39, 0.29) is 98.1 Å². The number of hydrogen-bond acceptors (Lipinski definition) is 0.